The molecule has 2 aromatic carbocycles. The van der Waals surface area contributed by atoms with Gasteiger partial charge in [-0.25, -0.2) is 18.6 Å². The Labute approximate surface area is 176 Å². The Morgan fingerprint density at radius 1 is 1.14 bits per heavy atom. The lowest BCUT2D eigenvalue weighted by atomic mass is 10.0. The average molecular weight is 450 g/mol. The largest absolute Gasteiger partial charge is 0.478 e. The number of para-hydroxylation sites is 1. The third kappa shape index (κ3) is 3.66. The molecule has 2 heterocycles. The molecule has 4 aromatic rings. The van der Waals surface area contributed by atoms with Crippen LogP contribution in [0.2, 0.25) is 5.02 Å². The van der Waals surface area contributed by atoms with Crippen LogP contribution < -0.4 is 0 Å². The molecule has 0 aliphatic carbocycles. The Bertz CT molecular complexity index is 1230. The Morgan fingerprint density at radius 3 is 2.48 bits per heavy atom. The summed E-state index contributed by atoms with van der Waals surface area (Å²) in [5.74, 6) is -3.59. The van der Waals surface area contributed by atoms with Crippen LogP contribution in [0.4, 0.5) is 8.78 Å². The van der Waals surface area contributed by atoms with E-state index in [-0.39, 0.29) is 38.8 Å². The normalized spacial score (nSPS) is 11.1. The number of carboxylic acids is 1. The van der Waals surface area contributed by atoms with Crippen molar-refractivity contribution in [2.24, 2.45) is 0 Å². The van der Waals surface area contributed by atoms with Gasteiger partial charge in [-0.05, 0) is 40.8 Å². The molecule has 4 rings (SSSR count). The van der Waals surface area contributed by atoms with E-state index in [1.165, 1.54) is 16.7 Å². The minimum atomic E-state index is -1.29. The molecule has 1 N–H and O–H groups in total. The van der Waals surface area contributed by atoms with E-state index in [9.17, 15) is 23.5 Å². The number of thiophene rings is 1. The highest BCUT2D eigenvalue weighted by atomic mass is 35.5. The first kappa shape index (κ1) is 19.6. The molecule has 0 unspecified atom stereocenters. The number of carbonyl (C=O) groups is 2. The molecule has 146 valence electrons. The summed E-state index contributed by atoms with van der Waals surface area (Å²) in [4.78, 5) is 29.0. The second-order valence-corrected chi connectivity index (χ2v) is 8.40. The van der Waals surface area contributed by atoms with Crippen molar-refractivity contribution in [3.8, 4) is 10.4 Å². The molecule has 0 radical (unpaired) electrons. The SMILES string of the molecule is O=C(Cc1csc(-c2cc(F)c(Cl)c(F)c2)c1C(=O)O)c1nc2ccccc2s1. The maximum absolute atomic E-state index is 13.8. The third-order valence-electron chi connectivity index (χ3n) is 4.21. The molecule has 0 bridgehead atoms. The van der Waals surface area contributed by atoms with Crippen LogP contribution >= 0.6 is 34.3 Å². The summed E-state index contributed by atoms with van der Waals surface area (Å²) in [6.07, 6.45) is -0.184. The summed E-state index contributed by atoms with van der Waals surface area (Å²) >= 11 is 7.73. The number of aromatic nitrogens is 1. The average Bonchev–Trinajstić information content (AvgIpc) is 3.29. The first-order chi connectivity index (χ1) is 13.8. The van der Waals surface area contributed by atoms with Gasteiger partial charge < -0.3 is 5.11 Å². The van der Waals surface area contributed by atoms with E-state index in [2.05, 4.69) is 4.98 Å². The molecule has 2 aromatic heterocycles. The predicted molar refractivity (Wildman–Crippen MR) is 109 cm³/mol. The van der Waals surface area contributed by atoms with Crippen LogP contribution in [0.15, 0.2) is 41.8 Å². The Morgan fingerprint density at radius 2 is 1.83 bits per heavy atom. The fourth-order valence-electron chi connectivity index (χ4n) is 2.90. The Balaban J connectivity index is 1.71. The molecule has 0 amide bonds. The van der Waals surface area contributed by atoms with Crippen molar-refractivity contribution in [3.05, 3.63) is 74.6 Å². The van der Waals surface area contributed by atoms with Crippen LogP contribution in [-0.2, 0) is 6.42 Å². The van der Waals surface area contributed by atoms with Gasteiger partial charge in [0, 0.05) is 11.3 Å². The number of fused-ring (bicyclic) bond motifs is 1. The minimum Gasteiger partial charge on any atom is -0.478 e. The molecule has 0 atom stereocenters. The number of carbonyl (C=O) groups excluding carboxylic acids is 1. The minimum absolute atomic E-state index is 0.0467. The molecule has 4 nitrogen and oxygen atoms in total. The summed E-state index contributed by atoms with van der Waals surface area (Å²) in [5.41, 5.74) is 0.839. The van der Waals surface area contributed by atoms with Gasteiger partial charge in [0.25, 0.3) is 0 Å². The first-order valence-corrected chi connectivity index (χ1v) is 10.3. The molecular weight excluding hydrogens is 440 g/mol. The maximum Gasteiger partial charge on any atom is 0.337 e. The van der Waals surface area contributed by atoms with E-state index in [0.717, 1.165) is 28.2 Å². The van der Waals surface area contributed by atoms with Crippen molar-refractivity contribution < 1.29 is 23.5 Å². The van der Waals surface area contributed by atoms with Gasteiger partial charge >= 0.3 is 5.97 Å². The second-order valence-electron chi connectivity index (χ2n) is 6.11. The standard InChI is InChI=1S/C20H10ClF2NO3S2/c21-17-11(22)5-9(6-12(17)23)18-16(20(26)27)10(8-28-18)7-14(25)19-24-13-3-1-2-4-15(13)29-19/h1-6,8H,7H2,(H,26,27). The van der Waals surface area contributed by atoms with Gasteiger partial charge in [0.2, 0.25) is 0 Å². The zero-order valence-electron chi connectivity index (χ0n) is 14.4. The molecule has 0 spiro atoms. The zero-order valence-corrected chi connectivity index (χ0v) is 16.8. The van der Waals surface area contributed by atoms with Crippen molar-refractivity contribution in [3.63, 3.8) is 0 Å². The fourth-order valence-corrected chi connectivity index (χ4v) is 4.96. The lowest BCUT2D eigenvalue weighted by Gasteiger charge is -2.05. The number of benzene rings is 2. The smallest absolute Gasteiger partial charge is 0.337 e. The molecule has 0 fully saturated rings. The van der Waals surface area contributed by atoms with Gasteiger partial charge in [0.15, 0.2) is 10.8 Å². The first-order valence-electron chi connectivity index (χ1n) is 8.22. The predicted octanol–water partition coefficient (Wildman–Crippen LogP) is 6.08. The number of hydrogen-bond acceptors (Lipinski definition) is 5. The number of aromatic carboxylic acids is 1. The summed E-state index contributed by atoms with van der Waals surface area (Å²) in [7, 11) is 0. The summed E-state index contributed by atoms with van der Waals surface area (Å²) in [6, 6.07) is 9.24. The number of Topliss-reactive ketones (excluding diaryl/α,β-unsaturated/α-hetero) is 1. The van der Waals surface area contributed by atoms with Crippen LogP contribution in [0.25, 0.3) is 20.7 Å². The monoisotopic (exact) mass is 449 g/mol. The van der Waals surface area contributed by atoms with E-state index in [1.54, 1.807) is 6.07 Å². The third-order valence-corrected chi connectivity index (χ3v) is 6.73. The highest BCUT2D eigenvalue weighted by molar-refractivity contribution is 7.20. The molecular formula is C20H10ClF2NO3S2. The fraction of sp³-hybridized carbons (Fsp3) is 0.0500. The van der Waals surface area contributed by atoms with Crippen LogP contribution in [0, 0.1) is 11.6 Å². The number of halogens is 3. The highest BCUT2D eigenvalue weighted by Crippen LogP contribution is 2.36. The number of ketones is 1. The molecule has 29 heavy (non-hydrogen) atoms. The molecule has 0 aliphatic heterocycles. The van der Waals surface area contributed by atoms with Gasteiger partial charge in [-0.3, -0.25) is 4.79 Å². The maximum atomic E-state index is 13.8. The van der Waals surface area contributed by atoms with E-state index in [0.29, 0.717) is 5.52 Å². The van der Waals surface area contributed by atoms with Gasteiger partial charge in [-0.15, -0.1) is 22.7 Å². The Kier molecular flexibility index (Phi) is 5.16. The summed E-state index contributed by atoms with van der Waals surface area (Å²) < 4.78 is 28.5. The van der Waals surface area contributed by atoms with E-state index in [4.69, 9.17) is 11.6 Å². The van der Waals surface area contributed by atoms with Crippen molar-refractivity contribution in [1.29, 1.82) is 0 Å². The number of carboxylic acid groups (broad SMARTS) is 1. The van der Waals surface area contributed by atoms with Gasteiger partial charge in [-0.1, -0.05) is 23.7 Å². The molecule has 0 saturated carbocycles. The van der Waals surface area contributed by atoms with Crippen molar-refractivity contribution in [2.45, 2.75) is 6.42 Å². The van der Waals surface area contributed by atoms with Crippen LogP contribution in [-0.4, -0.2) is 21.8 Å². The second kappa shape index (κ2) is 7.62. The van der Waals surface area contributed by atoms with E-state index >= 15 is 0 Å². The van der Waals surface area contributed by atoms with Gasteiger partial charge in [-0.2, -0.15) is 0 Å². The topological polar surface area (TPSA) is 67.3 Å². The number of nitrogens with zero attached hydrogens (tertiary/aromatic N) is 1. The number of thiazole rings is 1. The van der Waals surface area contributed by atoms with Crippen LogP contribution in [0.5, 0.6) is 0 Å². The van der Waals surface area contributed by atoms with E-state index < -0.39 is 22.6 Å². The quantitative estimate of drug-likeness (QED) is 0.296. The highest BCUT2D eigenvalue weighted by Gasteiger charge is 2.24. The summed E-state index contributed by atoms with van der Waals surface area (Å²) in [6.45, 7) is 0. The number of rotatable bonds is 5. The molecule has 0 saturated heterocycles. The zero-order chi connectivity index (χ0) is 20.7. The van der Waals surface area contributed by atoms with Gasteiger partial charge in [0.05, 0.1) is 15.8 Å². The van der Waals surface area contributed by atoms with Gasteiger partial charge in [0.1, 0.15) is 16.7 Å². The molecule has 0 aliphatic rings. The van der Waals surface area contributed by atoms with Crippen molar-refractivity contribution >= 4 is 56.2 Å². The van der Waals surface area contributed by atoms with Crippen molar-refractivity contribution in [1.82, 2.24) is 4.98 Å². The lowest BCUT2D eigenvalue weighted by Crippen LogP contribution is -2.07. The summed E-state index contributed by atoms with van der Waals surface area (Å²) in [5, 5.41) is 10.8. The Hall–Kier alpha value is -2.68. The molecule has 9 heteroatoms. The van der Waals surface area contributed by atoms with E-state index in [1.807, 2.05) is 18.2 Å². The van der Waals surface area contributed by atoms with Crippen molar-refractivity contribution in [2.75, 3.05) is 0 Å². The van der Waals surface area contributed by atoms with Crippen LogP contribution in [0.3, 0.4) is 0 Å². The van der Waals surface area contributed by atoms with Crippen LogP contribution in [0.1, 0.15) is 25.7 Å². The lowest BCUT2D eigenvalue weighted by molar-refractivity contribution is 0.0697. The number of hydrogen-bond donors (Lipinski definition) is 1.